The number of ether oxygens (including phenoxy) is 1. The highest BCUT2D eigenvalue weighted by Crippen LogP contribution is 2.53. The van der Waals surface area contributed by atoms with Gasteiger partial charge in [0.15, 0.2) is 0 Å². The zero-order valence-corrected chi connectivity index (χ0v) is 19.6. The van der Waals surface area contributed by atoms with Crippen LogP contribution in [0.25, 0.3) is 0 Å². The van der Waals surface area contributed by atoms with Crippen molar-refractivity contribution < 1.29 is 9.13 Å². The van der Waals surface area contributed by atoms with Crippen LogP contribution >= 0.6 is 0 Å². The largest absolute Gasteiger partial charge is 0.358 e. The first-order valence-electron chi connectivity index (χ1n) is 12.4. The van der Waals surface area contributed by atoms with Gasteiger partial charge in [-0.15, -0.1) is 0 Å². The van der Waals surface area contributed by atoms with Crippen molar-refractivity contribution in [2.24, 2.45) is 0 Å². The fourth-order valence-electron chi connectivity index (χ4n) is 5.79. The van der Waals surface area contributed by atoms with E-state index in [0.717, 1.165) is 32.2 Å². The topological polar surface area (TPSA) is 12.5 Å². The highest BCUT2D eigenvalue weighted by atomic mass is 19.1. The Kier molecular flexibility index (Phi) is 6.62. The summed E-state index contributed by atoms with van der Waals surface area (Å²) in [4.78, 5) is 2.55. The van der Waals surface area contributed by atoms with Gasteiger partial charge >= 0.3 is 0 Å². The first-order valence-corrected chi connectivity index (χ1v) is 12.4. The summed E-state index contributed by atoms with van der Waals surface area (Å²) in [6, 6.07) is 27.0. The van der Waals surface area contributed by atoms with Crippen LogP contribution in [0, 0.1) is 5.82 Å². The van der Waals surface area contributed by atoms with E-state index in [1.807, 2.05) is 12.1 Å². The lowest BCUT2D eigenvalue weighted by Gasteiger charge is -2.41. The molecule has 1 aliphatic heterocycles. The Morgan fingerprint density at radius 1 is 0.879 bits per heavy atom. The number of hydrogen-bond acceptors (Lipinski definition) is 2. The monoisotopic (exact) mass is 443 g/mol. The van der Waals surface area contributed by atoms with Gasteiger partial charge < -0.3 is 9.64 Å². The third-order valence-corrected chi connectivity index (χ3v) is 7.71. The predicted octanol–water partition coefficient (Wildman–Crippen LogP) is 7.04. The van der Waals surface area contributed by atoms with Crippen LogP contribution in [0.4, 0.5) is 4.39 Å². The van der Waals surface area contributed by atoms with Gasteiger partial charge in [-0.05, 0) is 92.9 Å². The van der Waals surface area contributed by atoms with E-state index < -0.39 is 0 Å². The van der Waals surface area contributed by atoms with Crippen LogP contribution in [0.3, 0.4) is 0 Å². The van der Waals surface area contributed by atoms with E-state index in [-0.39, 0.29) is 17.5 Å². The van der Waals surface area contributed by atoms with Gasteiger partial charge in [0, 0.05) is 6.04 Å². The van der Waals surface area contributed by atoms with Crippen molar-refractivity contribution in [3.05, 3.63) is 107 Å². The van der Waals surface area contributed by atoms with Crippen molar-refractivity contribution >= 4 is 0 Å². The molecule has 172 valence electrons. The van der Waals surface area contributed by atoms with E-state index in [1.165, 1.54) is 41.5 Å². The molecule has 5 rings (SSSR count). The van der Waals surface area contributed by atoms with Crippen molar-refractivity contribution in [2.45, 2.75) is 62.7 Å². The Hall–Kier alpha value is -2.49. The van der Waals surface area contributed by atoms with E-state index >= 15 is 0 Å². The molecule has 0 amide bonds. The fraction of sp³-hybridized carbons (Fsp3) is 0.400. The number of rotatable bonds is 7. The van der Waals surface area contributed by atoms with Gasteiger partial charge in [0.2, 0.25) is 0 Å². The molecule has 33 heavy (non-hydrogen) atoms. The van der Waals surface area contributed by atoms with Gasteiger partial charge in [0.05, 0.1) is 5.60 Å². The summed E-state index contributed by atoms with van der Waals surface area (Å²) in [5.41, 5.74) is 5.08. The maximum atomic E-state index is 13.1. The summed E-state index contributed by atoms with van der Waals surface area (Å²) in [5, 5.41) is 0. The first-order chi connectivity index (χ1) is 16.1. The molecule has 3 heteroatoms. The van der Waals surface area contributed by atoms with Crippen molar-refractivity contribution in [1.29, 1.82) is 0 Å². The Morgan fingerprint density at radius 2 is 1.58 bits per heavy atom. The number of halogens is 1. The standard InChI is InChI=1S/C30H34FNO/c1-32(22-8-7-9-23-14-16-25(31)17-15-23)26-18-20-30(21-19-26)28-13-6-5-12-27(28)29(33-30)24-10-3-2-4-11-24/h2-6,10-17,26,29H,7-9,18-22H2,1H3/t26?,29-,30?/m1/s1. The minimum absolute atomic E-state index is 0.0446. The van der Waals surface area contributed by atoms with E-state index in [9.17, 15) is 4.39 Å². The summed E-state index contributed by atoms with van der Waals surface area (Å²) in [7, 11) is 2.27. The van der Waals surface area contributed by atoms with Gasteiger partial charge in [-0.25, -0.2) is 4.39 Å². The van der Waals surface area contributed by atoms with Gasteiger partial charge in [0.1, 0.15) is 11.9 Å². The minimum Gasteiger partial charge on any atom is -0.358 e. The zero-order valence-electron chi connectivity index (χ0n) is 19.6. The van der Waals surface area contributed by atoms with E-state index in [0.29, 0.717) is 6.04 Å². The van der Waals surface area contributed by atoms with Crippen LogP contribution in [0.5, 0.6) is 0 Å². The second-order valence-electron chi connectivity index (χ2n) is 9.79. The van der Waals surface area contributed by atoms with E-state index in [2.05, 4.69) is 66.5 Å². The molecular weight excluding hydrogens is 409 g/mol. The summed E-state index contributed by atoms with van der Waals surface area (Å²) in [5.74, 6) is -0.155. The third-order valence-electron chi connectivity index (χ3n) is 7.71. The molecule has 1 saturated carbocycles. The molecule has 0 aromatic heterocycles. The van der Waals surface area contributed by atoms with Crippen molar-refractivity contribution in [3.8, 4) is 0 Å². The molecule has 0 radical (unpaired) electrons. The normalized spacial score (nSPS) is 24.3. The van der Waals surface area contributed by atoms with Gasteiger partial charge in [-0.1, -0.05) is 66.7 Å². The number of unbranched alkanes of at least 4 members (excludes halogenated alkanes) is 1. The Morgan fingerprint density at radius 3 is 2.33 bits per heavy atom. The average molecular weight is 444 g/mol. The molecule has 3 aromatic carbocycles. The summed E-state index contributed by atoms with van der Waals surface area (Å²) >= 11 is 0. The van der Waals surface area contributed by atoms with Crippen LogP contribution in [-0.4, -0.2) is 24.5 Å². The maximum absolute atomic E-state index is 13.1. The molecule has 1 fully saturated rings. The number of benzene rings is 3. The Bertz CT molecular complexity index is 1040. The Labute approximate surface area is 197 Å². The highest BCUT2D eigenvalue weighted by Gasteiger charge is 2.47. The van der Waals surface area contributed by atoms with E-state index in [1.54, 1.807) is 12.1 Å². The van der Waals surface area contributed by atoms with Crippen LogP contribution in [0.1, 0.15) is 66.9 Å². The van der Waals surface area contributed by atoms with Crippen LogP contribution in [-0.2, 0) is 16.8 Å². The maximum Gasteiger partial charge on any atom is 0.123 e. The quantitative estimate of drug-likeness (QED) is 0.363. The molecule has 3 aromatic rings. The molecule has 2 nitrogen and oxygen atoms in total. The summed E-state index contributed by atoms with van der Waals surface area (Å²) in [6.07, 6.45) is 7.88. The van der Waals surface area contributed by atoms with Crippen molar-refractivity contribution in [2.75, 3.05) is 13.6 Å². The summed E-state index contributed by atoms with van der Waals surface area (Å²) < 4.78 is 20.0. The molecule has 1 aliphatic carbocycles. The van der Waals surface area contributed by atoms with E-state index in [4.69, 9.17) is 4.74 Å². The molecule has 0 saturated heterocycles. The average Bonchev–Trinajstić information content (AvgIpc) is 3.18. The molecule has 1 atom stereocenters. The minimum atomic E-state index is -0.155. The Balaban J connectivity index is 1.17. The molecule has 2 aliphatic rings. The van der Waals surface area contributed by atoms with Gasteiger partial charge in [0.25, 0.3) is 0 Å². The third kappa shape index (κ3) is 4.76. The van der Waals surface area contributed by atoms with Crippen LogP contribution in [0.15, 0.2) is 78.9 Å². The molecule has 0 unspecified atom stereocenters. The number of nitrogens with zero attached hydrogens (tertiary/aromatic N) is 1. The zero-order chi connectivity index (χ0) is 22.7. The fourth-order valence-corrected chi connectivity index (χ4v) is 5.79. The second-order valence-corrected chi connectivity index (χ2v) is 9.79. The number of fused-ring (bicyclic) bond motifs is 2. The van der Waals surface area contributed by atoms with Gasteiger partial charge in [-0.3, -0.25) is 0 Å². The van der Waals surface area contributed by atoms with Crippen LogP contribution in [0.2, 0.25) is 0 Å². The number of aryl methyl sites for hydroxylation is 1. The molecule has 1 spiro atoms. The smallest absolute Gasteiger partial charge is 0.123 e. The molecule has 0 bridgehead atoms. The summed E-state index contributed by atoms with van der Waals surface area (Å²) in [6.45, 7) is 1.11. The lowest BCUT2D eigenvalue weighted by molar-refractivity contribution is -0.0942. The lowest BCUT2D eigenvalue weighted by Crippen LogP contribution is -2.41. The predicted molar refractivity (Wildman–Crippen MR) is 132 cm³/mol. The highest BCUT2D eigenvalue weighted by molar-refractivity contribution is 5.43. The first kappa shape index (κ1) is 22.3. The second kappa shape index (κ2) is 9.79. The lowest BCUT2D eigenvalue weighted by atomic mass is 9.77. The number of hydrogen-bond donors (Lipinski definition) is 0. The van der Waals surface area contributed by atoms with Gasteiger partial charge in [-0.2, -0.15) is 0 Å². The molecular formula is C30H34FNO. The SMILES string of the molecule is CN(CCCCc1ccc(F)cc1)C1CCC2(CC1)O[C@H](c1ccccc1)c1ccccc12. The van der Waals surface area contributed by atoms with Crippen molar-refractivity contribution in [1.82, 2.24) is 4.90 Å². The van der Waals surface area contributed by atoms with Crippen molar-refractivity contribution in [3.63, 3.8) is 0 Å². The van der Waals surface area contributed by atoms with Crippen LogP contribution < -0.4 is 0 Å². The molecule has 1 heterocycles. The molecule has 0 N–H and O–H groups in total.